The van der Waals surface area contributed by atoms with Crippen LogP contribution in [0.1, 0.15) is 51.6 Å². The van der Waals surface area contributed by atoms with Gasteiger partial charge in [0.2, 0.25) is 0 Å². The Labute approximate surface area is 171 Å². The van der Waals surface area contributed by atoms with Crippen LogP contribution < -0.4 is 0 Å². The molecule has 0 aliphatic carbocycles. The van der Waals surface area contributed by atoms with E-state index in [0.29, 0.717) is 18.5 Å². The molecule has 0 spiro atoms. The molecule has 1 saturated heterocycles. The number of aromatic nitrogens is 1. The number of aryl methyl sites for hydroxylation is 1. The molecule has 1 amide bonds. The van der Waals surface area contributed by atoms with Gasteiger partial charge in [-0.25, -0.2) is 4.39 Å². The average molecular weight is 388 g/mol. The zero-order valence-corrected chi connectivity index (χ0v) is 16.6. The molecule has 0 bridgehead atoms. The molecule has 4 heteroatoms. The first-order valence-corrected chi connectivity index (χ1v) is 10.2. The van der Waals surface area contributed by atoms with Crippen LogP contribution in [0, 0.1) is 12.7 Å². The van der Waals surface area contributed by atoms with E-state index in [1.165, 1.54) is 6.07 Å². The Balaban J connectivity index is 1.54. The van der Waals surface area contributed by atoms with Crippen molar-refractivity contribution in [1.82, 2.24) is 9.88 Å². The number of amides is 1. The molecule has 1 unspecified atom stereocenters. The second-order valence-electron chi connectivity index (χ2n) is 7.77. The average Bonchev–Trinajstić information content (AvgIpc) is 2.75. The molecule has 1 atom stereocenters. The van der Waals surface area contributed by atoms with Crippen molar-refractivity contribution in [2.75, 3.05) is 13.1 Å². The van der Waals surface area contributed by atoms with Gasteiger partial charge in [0.25, 0.3) is 5.91 Å². The largest absolute Gasteiger partial charge is 0.338 e. The highest BCUT2D eigenvalue weighted by Crippen LogP contribution is 2.28. The minimum absolute atomic E-state index is 0.0783. The number of rotatable bonds is 4. The fourth-order valence-corrected chi connectivity index (χ4v) is 4.11. The van der Waals surface area contributed by atoms with Crippen LogP contribution in [-0.4, -0.2) is 28.9 Å². The van der Waals surface area contributed by atoms with E-state index in [2.05, 4.69) is 6.07 Å². The molecule has 1 aliphatic rings. The number of pyridine rings is 1. The number of benzene rings is 2. The summed E-state index contributed by atoms with van der Waals surface area (Å²) in [6.07, 6.45) is 2.51. The van der Waals surface area contributed by atoms with Gasteiger partial charge in [-0.1, -0.05) is 36.4 Å². The van der Waals surface area contributed by atoms with Crippen molar-refractivity contribution in [1.29, 1.82) is 0 Å². The van der Waals surface area contributed by atoms with Gasteiger partial charge < -0.3 is 4.90 Å². The van der Waals surface area contributed by atoms with Crippen LogP contribution in [0.25, 0.3) is 0 Å². The third-order valence-electron chi connectivity index (χ3n) is 5.53. The molecule has 2 heterocycles. The standard InChI is InChI=1S/C25H25FN2O/c1-18-14-19(15-21-10-5-6-12-23(21)26)16-24(27-18)22-11-7-13-28(17-22)25(29)20-8-3-2-4-9-20/h2-6,8-10,12,14,16,22H,7,11,13,15,17H2,1H3. The van der Waals surface area contributed by atoms with E-state index in [9.17, 15) is 9.18 Å². The van der Waals surface area contributed by atoms with Crippen LogP contribution in [-0.2, 0) is 6.42 Å². The molecule has 0 N–H and O–H groups in total. The van der Waals surface area contributed by atoms with E-state index in [0.717, 1.165) is 41.9 Å². The smallest absolute Gasteiger partial charge is 0.253 e. The summed E-state index contributed by atoms with van der Waals surface area (Å²) in [6, 6.07) is 20.4. The van der Waals surface area contributed by atoms with E-state index in [-0.39, 0.29) is 17.6 Å². The van der Waals surface area contributed by atoms with Gasteiger partial charge in [-0.3, -0.25) is 9.78 Å². The summed E-state index contributed by atoms with van der Waals surface area (Å²) < 4.78 is 14.1. The van der Waals surface area contributed by atoms with Crippen molar-refractivity contribution in [3.8, 4) is 0 Å². The van der Waals surface area contributed by atoms with Crippen molar-refractivity contribution in [2.45, 2.75) is 32.1 Å². The predicted molar refractivity (Wildman–Crippen MR) is 113 cm³/mol. The summed E-state index contributed by atoms with van der Waals surface area (Å²) in [5.41, 5.74) is 4.41. The Morgan fingerprint density at radius 1 is 1.10 bits per heavy atom. The van der Waals surface area contributed by atoms with Crippen molar-refractivity contribution in [3.63, 3.8) is 0 Å². The normalized spacial score (nSPS) is 16.6. The monoisotopic (exact) mass is 388 g/mol. The lowest BCUT2D eigenvalue weighted by molar-refractivity contribution is 0.0706. The Bertz CT molecular complexity index is 1000. The molecule has 1 aliphatic heterocycles. The predicted octanol–water partition coefficient (Wildman–Crippen LogP) is 5.14. The van der Waals surface area contributed by atoms with Crippen LogP contribution in [0.3, 0.4) is 0 Å². The van der Waals surface area contributed by atoms with Gasteiger partial charge in [0.15, 0.2) is 0 Å². The Hall–Kier alpha value is -3.01. The van der Waals surface area contributed by atoms with Crippen molar-refractivity contribution in [3.05, 3.63) is 101 Å². The summed E-state index contributed by atoms with van der Waals surface area (Å²) in [5.74, 6) is 0.103. The van der Waals surface area contributed by atoms with Crippen LogP contribution in [0.15, 0.2) is 66.7 Å². The zero-order chi connectivity index (χ0) is 20.2. The van der Waals surface area contributed by atoms with Gasteiger partial charge in [-0.2, -0.15) is 0 Å². The second-order valence-corrected chi connectivity index (χ2v) is 7.77. The minimum Gasteiger partial charge on any atom is -0.338 e. The summed E-state index contributed by atoms with van der Waals surface area (Å²) in [4.78, 5) is 19.5. The number of hydrogen-bond acceptors (Lipinski definition) is 2. The lowest BCUT2D eigenvalue weighted by Crippen LogP contribution is -2.39. The Morgan fingerprint density at radius 3 is 2.66 bits per heavy atom. The summed E-state index contributed by atoms with van der Waals surface area (Å²) >= 11 is 0. The van der Waals surface area contributed by atoms with Crippen LogP contribution >= 0.6 is 0 Å². The maximum Gasteiger partial charge on any atom is 0.253 e. The van der Waals surface area contributed by atoms with Gasteiger partial charge in [-0.05, 0) is 61.2 Å². The number of likely N-dealkylation sites (tertiary alicyclic amines) is 1. The lowest BCUT2D eigenvalue weighted by Gasteiger charge is -2.33. The molecular formula is C25H25FN2O. The molecule has 3 aromatic rings. The van der Waals surface area contributed by atoms with E-state index < -0.39 is 0 Å². The molecule has 4 rings (SSSR count). The third kappa shape index (κ3) is 4.53. The Kier molecular flexibility index (Phi) is 5.70. The van der Waals surface area contributed by atoms with E-state index in [4.69, 9.17) is 4.98 Å². The van der Waals surface area contributed by atoms with Gasteiger partial charge in [0, 0.05) is 42.4 Å². The first kappa shape index (κ1) is 19.3. The van der Waals surface area contributed by atoms with E-state index in [1.807, 2.05) is 60.4 Å². The SMILES string of the molecule is Cc1cc(Cc2ccccc2F)cc(C2CCCN(C(=O)c3ccccc3)C2)n1. The zero-order valence-electron chi connectivity index (χ0n) is 16.6. The molecule has 148 valence electrons. The molecule has 2 aromatic carbocycles. The summed E-state index contributed by atoms with van der Waals surface area (Å²) in [6.45, 7) is 3.42. The maximum absolute atomic E-state index is 14.1. The first-order chi connectivity index (χ1) is 14.1. The summed E-state index contributed by atoms with van der Waals surface area (Å²) in [5, 5.41) is 0. The highest BCUT2D eigenvalue weighted by Gasteiger charge is 2.26. The maximum atomic E-state index is 14.1. The van der Waals surface area contributed by atoms with E-state index >= 15 is 0 Å². The number of carbonyl (C=O) groups excluding carboxylic acids is 1. The Morgan fingerprint density at radius 2 is 1.86 bits per heavy atom. The fourth-order valence-electron chi connectivity index (χ4n) is 4.11. The van der Waals surface area contributed by atoms with Crippen LogP contribution in [0.5, 0.6) is 0 Å². The number of hydrogen-bond donors (Lipinski definition) is 0. The van der Waals surface area contributed by atoms with Gasteiger partial charge in [0.05, 0.1) is 0 Å². The van der Waals surface area contributed by atoms with Gasteiger partial charge in [-0.15, -0.1) is 0 Å². The highest BCUT2D eigenvalue weighted by molar-refractivity contribution is 5.94. The van der Waals surface area contributed by atoms with E-state index in [1.54, 1.807) is 6.07 Å². The van der Waals surface area contributed by atoms with Crippen LogP contribution in [0.2, 0.25) is 0 Å². The molecule has 0 saturated carbocycles. The first-order valence-electron chi connectivity index (χ1n) is 10.2. The second kappa shape index (κ2) is 8.56. The van der Waals surface area contributed by atoms with Gasteiger partial charge >= 0.3 is 0 Å². The molecule has 1 fully saturated rings. The van der Waals surface area contributed by atoms with Crippen molar-refractivity contribution >= 4 is 5.91 Å². The fraction of sp³-hybridized carbons (Fsp3) is 0.280. The van der Waals surface area contributed by atoms with Crippen molar-refractivity contribution < 1.29 is 9.18 Å². The molecule has 29 heavy (non-hydrogen) atoms. The molecule has 0 radical (unpaired) electrons. The quantitative estimate of drug-likeness (QED) is 0.620. The highest BCUT2D eigenvalue weighted by atomic mass is 19.1. The molecule has 3 nitrogen and oxygen atoms in total. The third-order valence-corrected chi connectivity index (χ3v) is 5.53. The number of piperidine rings is 1. The lowest BCUT2D eigenvalue weighted by atomic mass is 9.92. The van der Waals surface area contributed by atoms with Crippen molar-refractivity contribution in [2.24, 2.45) is 0 Å². The number of carbonyl (C=O) groups is 1. The van der Waals surface area contributed by atoms with Gasteiger partial charge in [0.1, 0.15) is 5.82 Å². The number of nitrogens with zero attached hydrogens (tertiary/aromatic N) is 2. The topological polar surface area (TPSA) is 33.2 Å². The number of halogens is 1. The molecular weight excluding hydrogens is 363 g/mol. The minimum atomic E-state index is -0.180. The summed E-state index contributed by atoms with van der Waals surface area (Å²) in [7, 11) is 0. The molecule has 1 aromatic heterocycles. The van der Waals surface area contributed by atoms with Crippen LogP contribution in [0.4, 0.5) is 4.39 Å².